The van der Waals surface area contributed by atoms with E-state index in [0.717, 1.165) is 36.8 Å². The first kappa shape index (κ1) is 22.2. The molecule has 2 nitrogen and oxygen atoms in total. The lowest BCUT2D eigenvalue weighted by Crippen LogP contribution is -2.37. The van der Waals surface area contributed by atoms with Gasteiger partial charge < -0.3 is 4.90 Å². The predicted octanol–water partition coefficient (Wildman–Crippen LogP) is 7.36. The molecule has 32 heavy (non-hydrogen) atoms. The molecule has 0 spiro atoms. The standard InChI is InChI=1S/C30H34N2/c1-5-24-18-28-26(16-25(24)14-10-13-23-11-8-7-9-12-23)17-27(6-2)32-20-29(22(4)19-31)21(3)15-30(28)32/h8,11-12,15-16,18,20,27H,3-7,9-10,13-14,17H2,1-2H3. The van der Waals surface area contributed by atoms with Crippen molar-refractivity contribution < 1.29 is 0 Å². The minimum atomic E-state index is 0.390. The first-order chi connectivity index (χ1) is 15.5. The van der Waals surface area contributed by atoms with Crippen molar-refractivity contribution in [3.05, 3.63) is 100 Å². The van der Waals surface area contributed by atoms with Crippen LogP contribution in [0.1, 0.15) is 68.2 Å². The highest BCUT2D eigenvalue weighted by atomic mass is 15.2. The first-order valence-electron chi connectivity index (χ1n) is 12.1. The van der Waals surface area contributed by atoms with Crippen LogP contribution < -0.4 is 0 Å². The summed E-state index contributed by atoms with van der Waals surface area (Å²) in [5.74, 6) is 0. The van der Waals surface area contributed by atoms with E-state index in [9.17, 15) is 5.26 Å². The third-order valence-electron chi connectivity index (χ3n) is 7.05. The third-order valence-corrected chi connectivity index (χ3v) is 7.05. The number of benzene rings is 1. The zero-order chi connectivity index (χ0) is 22.7. The maximum Gasteiger partial charge on any atom is 0.0992 e. The highest BCUT2D eigenvalue weighted by molar-refractivity contribution is 5.78. The van der Waals surface area contributed by atoms with E-state index < -0.39 is 0 Å². The van der Waals surface area contributed by atoms with Crippen molar-refractivity contribution in [3.8, 4) is 6.07 Å². The van der Waals surface area contributed by atoms with Crippen molar-refractivity contribution in [2.45, 2.75) is 71.3 Å². The minimum absolute atomic E-state index is 0.390. The molecule has 0 saturated carbocycles. The summed E-state index contributed by atoms with van der Waals surface area (Å²) in [7, 11) is 0. The van der Waals surface area contributed by atoms with Crippen LogP contribution in [-0.4, -0.2) is 10.9 Å². The highest BCUT2D eigenvalue weighted by Crippen LogP contribution is 2.41. The van der Waals surface area contributed by atoms with Crippen LogP contribution in [0.3, 0.4) is 0 Å². The van der Waals surface area contributed by atoms with Gasteiger partial charge in [-0.05, 0) is 85.8 Å². The summed E-state index contributed by atoms with van der Waals surface area (Å²) < 4.78 is 0. The van der Waals surface area contributed by atoms with E-state index >= 15 is 0 Å². The largest absolute Gasteiger partial charge is 0.343 e. The number of allylic oxidation sites excluding steroid dienone is 8. The molecule has 0 amide bonds. The van der Waals surface area contributed by atoms with Crippen LogP contribution in [0, 0.1) is 11.3 Å². The molecule has 2 heteroatoms. The second kappa shape index (κ2) is 9.61. The van der Waals surface area contributed by atoms with Crippen LogP contribution in [0.2, 0.25) is 0 Å². The molecule has 1 atom stereocenters. The van der Waals surface area contributed by atoms with Gasteiger partial charge >= 0.3 is 0 Å². The Morgan fingerprint density at radius 3 is 2.72 bits per heavy atom. The van der Waals surface area contributed by atoms with Gasteiger partial charge in [0, 0.05) is 29.1 Å². The van der Waals surface area contributed by atoms with Crippen LogP contribution in [0.5, 0.6) is 0 Å². The van der Waals surface area contributed by atoms with E-state index in [2.05, 4.69) is 80.6 Å². The Balaban J connectivity index is 1.63. The van der Waals surface area contributed by atoms with Gasteiger partial charge in [-0.25, -0.2) is 0 Å². The molecule has 1 unspecified atom stereocenters. The number of hydrogen-bond acceptors (Lipinski definition) is 2. The maximum absolute atomic E-state index is 9.36. The Hall–Kier alpha value is -3.05. The number of rotatable bonds is 7. The van der Waals surface area contributed by atoms with Crippen molar-refractivity contribution in [2.24, 2.45) is 0 Å². The number of fused-ring (bicyclic) bond motifs is 3. The fraction of sp³-hybridized carbons (Fsp3) is 0.367. The summed E-state index contributed by atoms with van der Waals surface area (Å²) in [5, 5.41) is 9.36. The van der Waals surface area contributed by atoms with Crippen LogP contribution in [0.25, 0.3) is 5.70 Å². The highest BCUT2D eigenvalue weighted by Gasteiger charge is 2.31. The van der Waals surface area contributed by atoms with E-state index in [1.165, 1.54) is 59.2 Å². The molecule has 0 radical (unpaired) electrons. The van der Waals surface area contributed by atoms with Crippen molar-refractivity contribution in [1.82, 2.24) is 4.90 Å². The fourth-order valence-electron chi connectivity index (χ4n) is 5.20. The molecule has 4 rings (SSSR count). The summed E-state index contributed by atoms with van der Waals surface area (Å²) >= 11 is 0. The molecule has 0 bridgehead atoms. The van der Waals surface area contributed by atoms with Crippen molar-refractivity contribution in [2.75, 3.05) is 0 Å². The fourth-order valence-corrected chi connectivity index (χ4v) is 5.20. The molecule has 164 valence electrons. The molecule has 3 aliphatic rings. The normalized spacial score (nSPS) is 19.4. The van der Waals surface area contributed by atoms with E-state index in [1.807, 2.05) is 0 Å². The molecule has 1 aromatic carbocycles. The molecule has 1 aromatic rings. The molecule has 0 saturated heterocycles. The van der Waals surface area contributed by atoms with Crippen LogP contribution in [-0.2, 0) is 19.3 Å². The summed E-state index contributed by atoms with van der Waals surface area (Å²) in [6.07, 6.45) is 20.3. The van der Waals surface area contributed by atoms with Gasteiger partial charge in [-0.2, -0.15) is 5.26 Å². The average molecular weight is 423 g/mol. The summed E-state index contributed by atoms with van der Waals surface area (Å²) in [5.41, 5.74) is 10.7. The van der Waals surface area contributed by atoms with Crippen LogP contribution in [0.15, 0.2) is 78.1 Å². The molecule has 0 N–H and O–H groups in total. The maximum atomic E-state index is 9.36. The number of aryl methyl sites for hydroxylation is 2. The van der Waals surface area contributed by atoms with Gasteiger partial charge in [0.25, 0.3) is 0 Å². The summed E-state index contributed by atoms with van der Waals surface area (Å²) in [6.45, 7) is 12.7. The van der Waals surface area contributed by atoms with Gasteiger partial charge in [-0.3, -0.25) is 0 Å². The van der Waals surface area contributed by atoms with E-state index in [4.69, 9.17) is 0 Å². The lowest BCUT2D eigenvalue weighted by Gasteiger charge is -2.41. The van der Waals surface area contributed by atoms with Gasteiger partial charge in [0.1, 0.15) is 0 Å². The lowest BCUT2D eigenvalue weighted by molar-refractivity contribution is 0.352. The second-order valence-corrected chi connectivity index (χ2v) is 9.11. The van der Waals surface area contributed by atoms with Crippen LogP contribution in [0.4, 0.5) is 0 Å². The number of nitrogens with zero attached hydrogens (tertiary/aromatic N) is 2. The predicted molar refractivity (Wildman–Crippen MR) is 135 cm³/mol. The lowest BCUT2D eigenvalue weighted by atomic mass is 9.83. The molecular formula is C30H34N2. The Morgan fingerprint density at radius 1 is 1.19 bits per heavy atom. The number of hydrogen-bond donors (Lipinski definition) is 0. The first-order valence-corrected chi connectivity index (χ1v) is 12.1. The van der Waals surface area contributed by atoms with Gasteiger partial charge in [-0.1, -0.05) is 56.9 Å². The molecule has 0 aromatic heterocycles. The van der Waals surface area contributed by atoms with Crippen molar-refractivity contribution in [3.63, 3.8) is 0 Å². The zero-order valence-electron chi connectivity index (χ0n) is 19.6. The topological polar surface area (TPSA) is 27.0 Å². The van der Waals surface area contributed by atoms with Gasteiger partial charge in [-0.15, -0.1) is 0 Å². The van der Waals surface area contributed by atoms with Gasteiger partial charge in [0.05, 0.1) is 11.6 Å². The van der Waals surface area contributed by atoms with Crippen LogP contribution >= 0.6 is 0 Å². The molecule has 0 fully saturated rings. The minimum Gasteiger partial charge on any atom is -0.343 e. The molecule has 1 aliphatic carbocycles. The SMILES string of the molecule is C=C(C#N)C1=CN2C(=CC1=C)c1cc(CC)c(CCCC3=CCCC=C3)cc1CC2CC. The quantitative estimate of drug-likeness (QED) is 0.429. The molecule has 2 heterocycles. The smallest absolute Gasteiger partial charge is 0.0992 e. The van der Waals surface area contributed by atoms with Gasteiger partial charge in [0.15, 0.2) is 0 Å². The Bertz CT molecular complexity index is 1100. The van der Waals surface area contributed by atoms with Crippen molar-refractivity contribution in [1.29, 1.82) is 5.26 Å². The Morgan fingerprint density at radius 2 is 2.03 bits per heavy atom. The Labute approximate surface area is 193 Å². The summed E-state index contributed by atoms with van der Waals surface area (Å²) in [4.78, 5) is 2.36. The van der Waals surface area contributed by atoms with Gasteiger partial charge in [0.2, 0.25) is 0 Å². The monoisotopic (exact) mass is 422 g/mol. The number of nitriles is 1. The van der Waals surface area contributed by atoms with E-state index in [-0.39, 0.29) is 0 Å². The Kier molecular flexibility index (Phi) is 6.66. The third kappa shape index (κ3) is 4.30. The van der Waals surface area contributed by atoms with E-state index in [1.54, 1.807) is 0 Å². The second-order valence-electron chi connectivity index (χ2n) is 9.11. The van der Waals surface area contributed by atoms with E-state index in [0.29, 0.717) is 11.6 Å². The summed E-state index contributed by atoms with van der Waals surface area (Å²) in [6, 6.07) is 7.48. The molecular weight excluding hydrogens is 388 g/mol. The zero-order valence-corrected chi connectivity index (χ0v) is 19.6. The average Bonchev–Trinajstić information content (AvgIpc) is 2.82. The molecule has 2 aliphatic heterocycles. The van der Waals surface area contributed by atoms with Crippen molar-refractivity contribution >= 4 is 5.70 Å².